The van der Waals surface area contributed by atoms with Crippen molar-refractivity contribution in [2.75, 3.05) is 0 Å². The molecule has 0 bridgehead atoms. The summed E-state index contributed by atoms with van der Waals surface area (Å²) in [7, 11) is 0. The molecule has 0 N–H and O–H groups in total. The van der Waals surface area contributed by atoms with E-state index < -0.39 is 0 Å². The van der Waals surface area contributed by atoms with Gasteiger partial charge >= 0.3 is 0 Å². The fraction of sp³-hybridized carbons (Fsp3) is 0. The Morgan fingerprint density at radius 1 is 0.286 bits per heavy atom. The van der Waals surface area contributed by atoms with E-state index in [1.165, 1.54) is 0 Å². The molecular formula is C50H32N6. The van der Waals surface area contributed by atoms with Crippen LogP contribution in [0.25, 0.3) is 101 Å². The van der Waals surface area contributed by atoms with Gasteiger partial charge in [0.15, 0.2) is 23.3 Å². The number of rotatable bonds is 7. The van der Waals surface area contributed by atoms with Crippen molar-refractivity contribution in [2.24, 2.45) is 0 Å². The van der Waals surface area contributed by atoms with E-state index in [1.807, 2.05) is 103 Å². The van der Waals surface area contributed by atoms with Crippen LogP contribution in [0.3, 0.4) is 0 Å². The molecule has 10 aromatic rings. The average molecular weight is 717 g/mol. The lowest BCUT2D eigenvalue weighted by Gasteiger charge is -2.13. The molecule has 0 amide bonds. The van der Waals surface area contributed by atoms with Crippen LogP contribution in [0, 0.1) is 0 Å². The number of hydrogen-bond acceptors (Lipinski definition) is 6. The van der Waals surface area contributed by atoms with E-state index in [4.69, 9.17) is 29.9 Å². The first-order chi connectivity index (χ1) is 27.7. The molecular weight excluding hydrogens is 685 g/mol. The number of nitrogens with zero attached hydrogens (tertiary/aromatic N) is 6. The van der Waals surface area contributed by atoms with Gasteiger partial charge in [0.1, 0.15) is 0 Å². The van der Waals surface area contributed by atoms with Crippen LogP contribution in [-0.2, 0) is 0 Å². The molecule has 0 aliphatic heterocycles. The monoisotopic (exact) mass is 716 g/mol. The molecule has 3 heterocycles. The van der Waals surface area contributed by atoms with Crippen molar-refractivity contribution < 1.29 is 0 Å². The molecule has 0 aliphatic rings. The van der Waals surface area contributed by atoms with E-state index >= 15 is 0 Å². The summed E-state index contributed by atoms with van der Waals surface area (Å²) in [6, 6.07) is 64.0. The molecule has 56 heavy (non-hydrogen) atoms. The number of pyridine rings is 1. The van der Waals surface area contributed by atoms with Crippen LogP contribution in [0.5, 0.6) is 0 Å². The normalized spacial score (nSPS) is 11.2. The minimum Gasteiger partial charge on any atom is -0.255 e. The Hall–Kier alpha value is -7.70. The van der Waals surface area contributed by atoms with Gasteiger partial charge in [0.25, 0.3) is 0 Å². The zero-order chi connectivity index (χ0) is 37.3. The fourth-order valence-corrected chi connectivity index (χ4v) is 7.12. The Morgan fingerprint density at radius 2 is 0.786 bits per heavy atom. The molecule has 7 aromatic carbocycles. The van der Waals surface area contributed by atoms with Crippen LogP contribution in [0.4, 0.5) is 0 Å². The Kier molecular flexibility index (Phi) is 8.39. The van der Waals surface area contributed by atoms with Gasteiger partial charge in [0.05, 0.1) is 16.9 Å². The second-order valence-electron chi connectivity index (χ2n) is 13.6. The lowest BCUT2D eigenvalue weighted by atomic mass is 9.96. The van der Waals surface area contributed by atoms with Crippen LogP contribution in [0.1, 0.15) is 0 Å². The van der Waals surface area contributed by atoms with Gasteiger partial charge in [0.2, 0.25) is 0 Å². The minimum absolute atomic E-state index is 0.562. The highest BCUT2D eigenvalue weighted by molar-refractivity contribution is 6.10. The Labute approximate surface area is 324 Å². The predicted octanol–water partition coefficient (Wildman–Crippen LogP) is 12.0. The molecule has 6 heteroatoms. The topological polar surface area (TPSA) is 77.3 Å². The Bertz CT molecular complexity index is 2990. The summed E-state index contributed by atoms with van der Waals surface area (Å²) in [5.41, 5.74) is 10.5. The molecule has 0 saturated heterocycles. The highest BCUT2D eigenvalue weighted by atomic mass is 15.0. The van der Waals surface area contributed by atoms with Gasteiger partial charge in [-0.05, 0) is 46.8 Å². The summed E-state index contributed by atoms with van der Waals surface area (Å²) < 4.78 is 0. The number of fused-ring (bicyclic) bond motifs is 3. The third-order valence-electron chi connectivity index (χ3n) is 9.98. The lowest BCUT2D eigenvalue weighted by Crippen LogP contribution is -2.00. The van der Waals surface area contributed by atoms with Crippen LogP contribution < -0.4 is 0 Å². The van der Waals surface area contributed by atoms with Crippen molar-refractivity contribution in [1.82, 2.24) is 29.9 Å². The van der Waals surface area contributed by atoms with E-state index in [2.05, 4.69) is 91.0 Å². The van der Waals surface area contributed by atoms with Gasteiger partial charge < -0.3 is 0 Å². The van der Waals surface area contributed by atoms with Gasteiger partial charge in [-0.15, -0.1) is 0 Å². The maximum Gasteiger partial charge on any atom is 0.165 e. The molecule has 6 nitrogen and oxygen atoms in total. The largest absolute Gasteiger partial charge is 0.255 e. The van der Waals surface area contributed by atoms with Crippen molar-refractivity contribution in [3.05, 3.63) is 194 Å². The second-order valence-corrected chi connectivity index (χ2v) is 13.6. The first-order valence-corrected chi connectivity index (χ1v) is 18.5. The molecule has 0 fully saturated rings. The van der Waals surface area contributed by atoms with Crippen LogP contribution in [0.15, 0.2) is 194 Å². The van der Waals surface area contributed by atoms with Gasteiger partial charge in [0, 0.05) is 50.4 Å². The summed E-state index contributed by atoms with van der Waals surface area (Å²) in [6.45, 7) is 0. The maximum absolute atomic E-state index is 5.22. The SMILES string of the molecule is c1ccc(-c2ccc(-c3nc(-c4ccccc4)nc(-c4cccc(-c5ccc6ccc7c(-c8ccccc8)nc(-c8ccccc8)nc7c6c5)c4)n3)cn2)cc1. The highest BCUT2D eigenvalue weighted by Crippen LogP contribution is 2.36. The average Bonchev–Trinajstić information content (AvgIpc) is 3.29. The second kappa shape index (κ2) is 14.3. The first-order valence-electron chi connectivity index (χ1n) is 18.5. The van der Waals surface area contributed by atoms with Crippen LogP contribution in [0.2, 0.25) is 0 Å². The zero-order valence-electron chi connectivity index (χ0n) is 30.2. The smallest absolute Gasteiger partial charge is 0.165 e. The van der Waals surface area contributed by atoms with Crippen molar-refractivity contribution in [3.63, 3.8) is 0 Å². The highest BCUT2D eigenvalue weighted by Gasteiger charge is 2.16. The van der Waals surface area contributed by atoms with Crippen LogP contribution >= 0.6 is 0 Å². The van der Waals surface area contributed by atoms with Gasteiger partial charge in [-0.2, -0.15) is 0 Å². The van der Waals surface area contributed by atoms with Crippen LogP contribution in [-0.4, -0.2) is 29.9 Å². The van der Waals surface area contributed by atoms with Crippen molar-refractivity contribution >= 4 is 21.7 Å². The minimum atomic E-state index is 0.562. The quantitative estimate of drug-likeness (QED) is 0.153. The van der Waals surface area contributed by atoms with Gasteiger partial charge in [-0.3, -0.25) is 4.98 Å². The van der Waals surface area contributed by atoms with E-state index in [-0.39, 0.29) is 0 Å². The first kappa shape index (κ1) is 32.9. The summed E-state index contributed by atoms with van der Waals surface area (Å²) in [5, 5.41) is 3.17. The van der Waals surface area contributed by atoms with Crippen molar-refractivity contribution in [1.29, 1.82) is 0 Å². The molecule has 0 unspecified atom stereocenters. The third-order valence-corrected chi connectivity index (χ3v) is 9.98. The number of aromatic nitrogens is 6. The van der Waals surface area contributed by atoms with E-state index in [0.29, 0.717) is 23.3 Å². The number of hydrogen-bond donors (Lipinski definition) is 0. The Morgan fingerprint density at radius 3 is 1.43 bits per heavy atom. The molecule has 262 valence electrons. The molecule has 0 saturated carbocycles. The van der Waals surface area contributed by atoms with Gasteiger partial charge in [-0.25, -0.2) is 24.9 Å². The van der Waals surface area contributed by atoms with E-state index in [9.17, 15) is 0 Å². The number of benzene rings is 7. The van der Waals surface area contributed by atoms with E-state index in [1.54, 1.807) is 0 Å². The molecule has 3 aromatic heterocycles. The summed E-state index contributed by atoms with van der Waals surface area (Å²) in [5.74, 6) is 2.44. The standard InChI is InChI=1S/C50H32N6/c1-5-14-34(15-6-1)44-29-27-41(32-51-44)50-55-48(37-20-11-4-12-21-37)54-49(56-50)40-23-13-22-38(30-40)39-25-24-33-26-28-42-45(35-16-7-2-8-17-35)52-47(36-18-9-3-10-19-36)53-46(42)43(33)31-39/h1-32H. The third kappa shape index (κ3) is 6.35. The summed E-state index contributed by atoms with van der Waals surface area (Å²) in [4.78, 5) is 30.1. The zero-order valence-corrected chi connectivity index (χ0v) is 30.2. The van der Waals surface area contributed by atoms with Gasteiger partial charge in [-0.1, -0.05) is 158 Å². The molecule has 0 atom stereocenters. The molecule has 0 aliphatic carbocycles. The molecule has 10 rings (SSSR count). The maximum atomic E-state index is 5.22. The summed E-state index contributed by atoms with van der Waals surface area (Å²) in [6.07, 6.45) is 1.84. The fourth-order valence-electron chi connectivity index (χ4n) is 7.12. The molecule has 0 radical (unpaired) electrons. The van der Waals surface area contributed by atoms with Crippen molar-refractivity contribution in [2.45, 2.75) is 0 Å². The predicted molar refractivity (Wildman–Crippen MR) is 226 cm³/mol. The van der Waals surface area contributed by atoms with Crippen molar-refractivity contribution in [3.8, 4) is 79.2 Å². The van der Waals surface area contributed by atoms with E-state index in [0.717, 1.165) is 77.6 Å². The molecule has 0 spiro atoms. The Balaban J connectivity index is 1.09. The summed E-state index contributed by atoms with van der Waals surface area (Å²) >= 11 is 0. The lowest BCUT2D eigenvalue weighted by molar-refractivity contribution is 1.07.